The van der Waals surface area contributed by atoms with E-state index in [4.69, 9.17) is 0 Å². The summed E-state index contributed by atoms with van der Waals surface area (Å²) >= 11 is 0. The van der Waals surface area contributed by atoms with Gasteiger partial charge < -0.3 is 5.32 Å². The molecule has 2 aromatic rings. The summed E-state index contributed by atoms with van der Waals surface area (Å²) in [6.07, 6.45) is 0.967. The Kier molecular flexibility index (Phi) is 6.02. The van der Waals surface area contributed by atoms with Gasteiger partial charge in [0.15, 0.2) is 0 Å². The van der Waals surface area contributed by atoms with E-state index in [0.29, 0.717) is 0 Å². The number of hydrogen-bond acceptors (Lipinski definition) is 5. The summed E-state index contributed by atoms with van der Waals surface area (Å²) in [5, 5.41) is 1.96. The second-order valence-electron chi connectivity index (χ2n) is 4.43. The molecule has 2 aromatic carbocycles. The van der Waals surface area contributed by atoms with E-state index in [1.807, 2.05) is 0 Å². The van der Waals surface area contributed by atoms with Crippen molar-refractivity contribution in [3.63, 3.8) is 0 Å². The molecule has 0 aliphatic heterocycles. The second kappa shape index (κ2) is 7.08. The van der Waals surface area contributed by atoms with Crippen LogP contribution in [0.1, 0.15) is 0 Å². The molecular formula is C13H11NO7S2Zn. The Bertz CT molecular complexity index is 991. The zero-order valence-electron chi connectivity index (χ0n) is 12.1. The molecule has 0 saturated heterocycles. The first kappa shape index (κ1) is 20.4. The van der Waals surface area contributed by atoms with Gasteiger partial charge in [0.1, 0.15) is 9.79 Å². The smallest absolute Gasteiger partial charge is 0.295 e. The molecule has 0 aromatic heterocycles. The third kappa shape index (κ3) is 4.06. The maximum atomic E-state index is 11.5. The molecule has 0 aliphatic rings. The average molecular weight is 423 g/mol. The number of rotatable bonds is 4. The van der Waals surface area contributed by atoms with Crippen LogP contribution in [-0.4, -0.2) is 31.8 Å². The van der Waals surface area contributed by atoms with Gasteiger partial charge in [-0.2, -0.15) is 16.8 Å². The van der Waals surface area contributed by atoms with Crippen molar-refractivity contribution in [2.45, 2.75) is 9.79 Å². The summed E-state index contributed by atoms with van der Waals surface area (Å²) < 4.78 is 64.5. The number of carbonyl (C=O) groups excluding carboxylic acids is 1. The molecule has 3 N–H and O–H groups in total. The van der Waals surface area contributed by atoms with Crippen LogP contribution in [0.4, 0.5) is 5.69 Å². The molecule has 0 heterocycles. The molecule has 0 aliphatic carbocycles. The van der Waals surface area contributed by atoms with Gasteiger partial charge in [0, 0.05) is 35.9 Å². The van der Waals surface area contributed by atoms with Gasteiger partial charge in [0.25, 0.3) is 20.2 Å². The molecule has 0 radical (unpaired) electrons. The monoisotopic (exact) mass is 421 g/mol. The third-order valence-electron chi connectivity index (χ3n) is 2.96. The van der Waals surface area contributed by atoms with Crippen LogP contribution in [0.2, 0.25) is 0 Å². The van der Waals surface area contributed by atoms with E-state index in [1.54, 1.807) is 0 Å². The van der Waals surface area contributed by atoms with Crippen LogP contribution >= 0.6 is 0 Å². The Morgan fingerprint density at radius 2 is 1.54 bits per heavy atom. The van der Waals surface area contributed by atoms with E-state index in [9.17, 15) is 30.7 Å². The van der Waals surface area contributed by atoms with Crippen LogP contribution in [-0.2, 0) is 44.5 Å². The van der Waals surface area contributed by atoms with Gasteiger partial charge in [-0.1, -0.05) is 18.7 Å². The van der Waals surface area contributed by atoms with Crippen LogP contribution in [0, 0.1) is 0 Å². The van der Waals surface area contributed by atoms with Crippen molar-refractivity contribution in [2.24, 2.45) is 0 Å². The molecule has 0 bridgehead atoms. The third-order valence-corrected chi connectivity index (χ3v) is 4.76. The molecule has 0 atom stereocenters. The second-order valence-corrected chi connectivity index (χ2v) is 7.21. The van der Waals surface area contributed by atoms with Crippen molar-refractivity contribution >= 4 is 42.6 Å². The van der Waals surface area contributed by atoms with E-state index in [0.717, 1.165) is 18.2 Å². The van der Waals surface area contributed by atoms with Gasteiger partial charge in [-0.15, -0.1) is 0 Å². The van der Waals surface area contributed by atoms with Gasteiger partial charge in [0.2, 0.25) is 5.91 Å². The van der Waals surface area contributed by atoms with Crippen molar-refractivity contribution in [1.82, 2.24) is 0 Å². The Balaban J connectivity index is 0.00000288. The largest absolute Gasteiger partial charge is 0.322 e. The molecule has 1 amide bonds. The SMILES string of the molecule is C=CC(=O)Nc1ccc(S(=O)(=O)O)c2c(S(=O)(=O)O)cccc12.[Zn]. The average Bonchev–Trinajstić information content (AvgIpc) is 2.44. The van der Waals surface area contributed by atoms with Crippen LogP contribution in [0.15, 0.2) is 52.8 Å². The van der Waals surface area contributed by atoms with E-state index < -0.39 is 41.3 Å². The quantitative estimate of drug-likeness (QED) is 0.385. The van der Waals surface area contributed by atoms with Crippen LogP contribution < -0.4 is 5.32 Å². The minimum atomic E-state index is -4.77. The normalized spacial score (nSPS) is 11.6. The molecule has 0 fully saturated rings. The fourth-order valence-electron chi connectivity index (χ4n) is 2.06. The topological polar surface area (TPSA) is 138 Å². The van der Waals surface area contributed by atoms with Crippen molar-refractivity contribution in [3.05, 3.63) is 43.0 Å². The Morgan fingerprint density at radius 1 is 1.00 bits per heavy atom. The van der Waals surface area contributed by atoms with Gasteiger partial charge in [-0.25, -0.2) is 0 Å². The molecule has 0 saturated carbocycles. The Morgan fingerprint density at radius 3 is 2.04 bits per heavy atom. The van der Waals surface area contributed by atoms with Crippen molar-refractivity contribution < 1.29 is 50.2 Å². The summed E-state index contributed by atoms with van der Waals surface area (Å²) in [4.78, 5) is 10.0. The summed E-state index contributed by atoms with van der Waals surface area (Å²) in [5.41, 5.74) is 0.0859. The molecule has 2 rings (SSSR count). The minimum absolute atomic E-state index is 0. The van der Waals surface area contributed by atoms with Crippen molar-refractivity contribution in [3.8, 4) is 0 Å². The first-order valence-corrected chi connectivity index (χ1v) is 8.88. The number of benzene rings is 2. The molecule has 124 valence electrons. The molecular weight excluding hydrogens is 412 g/mol. The predicted molar refractivity (Wildman–Crippen MR) is 82.4 cm³/mol. The van der Waals surface area contributed by atoms with Gasteiger partial charge in [-0.05, 0) is 24.3 Å². The van der Waals surface area contributed by atoms with Gasteiger partial charge in [-0.3, -0.25) is 13.9 Å². The summed E-state index contributed by atoms with van der Waals surface area (Å²) in [6.45, 7) is 3.27. The molecule has 11 heteroatoms. The first-order valence-electron chi connectivity index (χ1n) is 6.00. The fourth-order valence-corrected chi connectivity index (χ4v) is 3.58. The van der Waals surface area contributed by atoms with Crippen LogP contribution in [0.25, 0.3) is 10.8 Å². The summed E-state index contributed by atoms with van der Waals surface area (Å²) in [5.74, 6) is -0.608. The molecule has 8 nitrogen and oxygen atoms in total. The van der Waals surface area contributed by atoms with Crippen molar-refractivity contribution in [1.29, 1.82) is 0 Å². The fraction of sp³-hybridized carbons (Fsp3) is 0. The van der Waals surface area contributed by atoms with E-state index >= 15 is 0 Å². The number of hydrogen-bond donors (Lipinski definition) is 3. The zero-order valence-corrected chi connectivity index (χ0v) is 16.7. The molecule has 0 spiro atoms. The standard InChI is InChI=1S/C13H11NO7S2.Zn/c1-2-12(15)14-9-6-7-11(23(19,20)21)13-8(9)4-3-5-10(13)22(16,17)18;/h2-7H,1H2,(H,14,15)(H,16,17,18)(H,19,20,21);. The zero-order chi connectivity index (χ0) is 17.4. The van der Waals surface area contributed by atoms with Crippen molar-refractivity contribution in [2.75, 3.05) is 5.32 Å². The molecule has 0 unspecified atom stereocenters. The van der Waals surface area contributed by atoms with Gasteiger partial charge in [0.05, 0.1) is 0 Å². The summed E-state index contributed by atoms with van der Waals surface area (Å²) in [7, 11) is -9.54. The maximum absolute atomic E-state index is 11.5. The van der Waals surface area contributed by atoms with E-state index in [1.165, 1.54) is 18.2 Å². The van der Waals surface area contributed by atoms with Crippen LogP contribution in [0.3, 0.4) is 0 Å². The van der Waals surface area contributed by atoms with Crippen LogP contribution in [0.5, 0.6) is 0 Å². The number of nitrogens with one attached hydrogen (secondary N) is 1. The minimum Gasteiger partial charge on any atom is -0.322 e. The van der Waals surface area contributed by atoms with E-state index in [2.05, 4.69) is 11.9 Å². The summed E-state index contributed by atoms with van der Waals surface area (Å²) in [6, 6.07) is 5.66. The Hall–Kier alpha value is -1.65. The molecule has 24 heavy (non-hydrogen) atoms. The maximum Gasteiger partial charge on any atom is 0.295 e. The first-order chi connectivity index (χ1) is 10.6. The number of carbonyl (C=O) groups is 1. The Labute approximate surface area is 150 Å². The number of amides is 1. The van der Waals surface area contributed by atoms with Gasteiger partial charge >= 0.3 is 0 Å². The number of fused-ring (bicyclic) bond motifs is 1. The predicted octanol–water partition coefficient (Wildman–Crippen LogP) is 1.46. The number of anilines is 1. The van der Waals surface area contributed by atoms with E-state index in [-0.39, 0.29) is 30.6 Å².